The first-order chi connectivity index (χ1) is 19.0. The summed E-state index contributed by atoms with van der Waals surface area (Å²) >= 11 is 0. The van der Waals surface area contributed by atoms with Gasteiger partial charge in [-0.2, -0.15) is 0 Å². The van der Waals surface area contributed by atoms with Crippen molar-refractivity contribution in [3.8, 4) is 0 Å². The van der Waals surface area contributed by atoms with E-state index < -0.39 is 0 Å². The van der Waals surface area contributed by atoms with Crippen molar-refractivity contribution in [1.29, 1.82) is 0 Å². The summed E-state index contributed by atoms with van der Waals surface area (Å²) in [5.74, 6) is 2.92. The molecule has 218 valence electrons. The summed E-state index contributed by atoms with van der Waals surface area (Å²) in [7, 11) is 1.45. The van der Waals surface area contributed by atoms with Crippen LogP contribution in [-0.2, 0) is 9.53 Å². The summed E-state index contributed by atoms with van der Waals surface area (Å²) in [6.07, 6.45) is 7.89. The van der Waals surface area contributed by atoms with Gasteiger partial charge in [0.25, 0.3) is 11.8 Å². The molecule has 0 saturated heterocycles. The number of carbonyl (C=O) groups excluding carboxylic acids is 3. The van der Waals surface area contributed by atoms with Gasteiger partial charge in [0.15, 0.2) is 0 Å². The number of imide groups is 1. The van der Waals surface area contributed by atoms with Gasteiger partial charge in [0, 0.05) is 12.5 Å². The maximum absolute atomic E-state index is 13.3. The number of aliphatic hydroxyl groups excluding tert-OH is 1. The number of ether oxygens (including phenoxy) is 1. The zero-order valence-electron chi connectivity index (χ0n) is 24.9. The normalized spacial score (nSPS) is 43.0. The van der Waals surface area contributed by atoms with Gasteiger partial charge in [-0.25, -0.2) is 0 Å². The Hall–Kier alpha value is -2.21. The Kier molecular flexibility index (Phi) is 6.95. The summed E-state index contributed by atoms with van der Waals surface area (Å²) in [5, 5.41) is 11.9. The number of aliphatic hydroxyl groups is 1. The highest BCUT2D eigenvalue weighted by molar-refractivity contribution is 6.21. The molecule has 40 heavy (non-hydrogen) atoms. The Morgan fingerprint density at radius 1 is 1.05 bits per heavy atom. The minimum Gasteiger partial charge on any atom is -0.469 e. The summed E-state index contributed by atoms with van der Waals surface area (Å²) in [6.45, 7) is 9.50. The highest BCUT2D eigenvalue weighted by Gasteiger charge is 2.65. The fraction of sp³-hybridized carbons (Fsp3) is 0.735. The minimum absolute atomic E-state index is 0.0421. The predicted octanol–water partition coefficient (Wildman–Crippen LogP) is 6.12. The van der Waals surface area contributed by atoms with E-state index in [2.05, 4.69) is 27.7 Å². The van der Waals surface area contributed by atoms with Crippen molar-refractivity contribution in [2.75, 3.05) is 7.11 Å². The second kappa shape index (κ2) is 9.96. The van der Waals surface area contributed by atoms with Crippen LogP contribution in [0.25, 0.3) is 0 Å². The molecule has 0 bridgehead atoms. The first-order valence-corrected chi connectivity index (χ1v) is 15.7. The van der Waals surface area contributed by atoms with E-state index in [9.17, 15) is 19.5 Å². The third-order valence-corrected chi connectivity index (χ3v) is 13.1. The molecule has 1 heterocycles. The molecule has 0 radical (unpaired) electrons. The molecule has 11 atom stereocenters. The lowest BCUT2D eigenvalue weighted by Crippen LogP contribution is -2.61. The summed E-state index contributed by atoms with van der Waals surface area (Å²) in [5.41, 5.74) is 1.09. The van der Waals surface area contributed by atoms with Crippen molar-refractivity contribution in [3.05, 3.63) is 35.4 Å². The van der Waals surface area contributed by atoms with Crippen LogP contribution in [0.5, 0.6) is 0 Å². The van der Waals surface area contributed by atoms with Gasteiger partial charge in [0.2, 0.25) is 0 Å². The summed E-state index contributed by atoms with van der Waals surface area (Å²) < 4.78 is 4.90. The van der Waals surface area contributed by atoms with Gasteiger partial charge in [-0.05, 0) is 116 Å². The lowest BCUT2D eigenvalue weighted by atomic mass is 9.41. The molecule has 6 rings (SSSR count). The number of hydrogen-bond acceptors (Lipinski definition) is 5. The predicted molar refractivity (Wildman–Crippen MR) is 152 cm³/mol. The number of rotatable bonds is 5. The molecule has 2 amide bonds. The standard InChI is InChI=1S/C34H47NO5/c1-19(10-13-29(37)40-5)25-11-12-26-30-20(2)16-21-17-22(35-31(38)23-8-6-7-9-24(23)32(35)39)14-15-33(21,3)27(30)18-28(36)34(25,26)4/h6-9,19-22,25-28,30,36H,10-18H2,1-5H3. The topological polar surface area (TPSA) is 83.9 Å². The van der Waals surface area contributed by atoms with E-state index in [-0.39, 0.29) is 40.8 Å². The van der Waals surface area contributed by atoms with Crippen LogP contribution in [0, 0.1) is 52.3 Å². The van der Waals surface area contributed by atoms with E-state index in [0.717, 1.165) is 51.4 Å². The van der Waals surface area contributed by atoms with Gasteiger partial charge in [-0.15, -0.1) is 0 Å². The molecular weight excluding hydrogens is 502 g/mol. The van der Waals surface area contributed by atoms with Crippen molar-refractivity contribution < 1.29 is 24.2 Å². The Morgan fingerprint density at radius 2 is 1.73 bits per heavy atom. The van der Waals surface area contributed by atoms with Crippen molar-refractivity contribution in [1.82, 2.24) is 4.90 Å². The molecule has 0 aromatic heterocycles. The number of methoxy groups -OCH3 is 1. The molecule has 5 aliphatic rings. The van der Waals surface area contributed by atoms with Crippen LogP contribution >= 0.6 is 0 Å². The molecule has 6 nitrogen and oxygen atoms in total. The molecular formula is C34H47NO5. The molecule has 4 fully saturated rings. The molecule has 0 spiro atoms. The van der Waals surface area contributed by atoms with Gasteiger partial charge in [0.05, 0.1) is 24.3 Å². The van der Waals surface area contributed by atoms with E-state index in [1.807, 2.05) is 12.1 Å². The summed E-state index contributed by atoms with van der Waals surface area (Å²) in [6, 6.07) is 7.19. The van der Waals surface area contributed by atoms with E-state index >= 15 is 0 Å². The highest BCUT2D eigenvalue weighted by Crippen LogP contribution is 2.69. The fourth-order valence-corrected chi connectivity index (χ4v) is 11.0. The van der Waals surface area contributed by atoms with Crippen LogP contribution in [0.3, 0.4) is 0 Å². The molecule has 6 heteroatoms. The maximum atomic E-state index is 13.3. The van der Waals surface area contributed by atoms with E-state index in [1.54, 1.807) is 17.0 Å². The number of esters is 1. The van der Waals surface area contributed by atoms with Crippen molar-refractivity contribution in [3.63, 3.8) is 0 Å². The Morgan fingerprint density at radius 3 is 2.38 bits per heavy atom. The van der Waals surface area contributed by atoms with Crippen LogP contribution in [0.2, 0.25) is 0 Å². The average Bonchev–Trinajstić information content (AvgIpc) is 3.42. The fourth-order valence-electron chi connectivity index (χ4n) is 11.0. The van der Waals surface area contributed by atoms with Crippen LogP contribution in [-0.4, -0.2) is 47.0 Å². The van der Waals surface area contributed by atoms with Crippen molar-refractivity contribution in [2.24, 2.45) is 52.3 Å². The van der Waals surface area contributed by atoms with Gasteiger partial charge in [-0.1, -0.05) is 39.8 Å². The molecule has 1 aromatic rings. The lowest BCUT2D eigenvalue weighted by molar-refractivity contribution is -0.186. The average molecular weight is 550 g/mol. The van der Waals surface area contributed by atoms with Crippen LogP contribution < -0.4 is 0 Å². The van der Waals surface area contributed by atoms with Crippen molar-refractivity contribution >= 4 is 17.8 Å². The number of fused-ring (bicyclic) bond motifs is 6. The summed E-state index contributed by atoms with van der Waals surface area (Å²) in [4.78, 5) is 40.0. The second-order valence-electron chi connectivity index (χ2n) is 14.6. The number of amides is 2. The van der Waals surface area contributed by atoms with Gasteiger partial charge in [-0.3, -0.25) is 19.3 Å². The first-order valence-electron chi connectivity index (χ1n) is 15.7. The van der Waals surface area contributed by atoms with Gasteiger partial charge < -0.3 is 9.84 Å². The maximum Gasteiger partial charge on any atom is 0.305 e. The Balaban J connectivity index is 1.21. The van der Waals surface area contributed by atoms with Gasteiger partial charge in [0.1, 0.15) is 0 Å². The first kappa shape index (κ1) is 27.9. The van der Waals surface area contributed by atoms with E-state index in [0.29, 0.717) is 59.0 Å². The van der Waals surface area contributed by atoms with Crippen LogP contribution in [0.15, 0.2) is 24.3 Å². The zero-order valence-corrected chi connectivity index (χ0v) is 24.9. The smallest absolute Gasteiger partial charge is 0.305 e. The minimum atomic E-state index is -0.344. The molecule has 1 aliphatic heterocycles. The monoisotopic (exact) mass is 549 g/mol. The second-order valence-corrected chi connectivity index (χ2v) is 14.6. The van der Waals surface area contributed by atoms with Crippen LogP contribution in [0.1, 0.15) is 106 Å². The molecule has 1 aromatic carbocycles. The quantitative estimate of drug-likeness (QED) is 0.354. The third kappa shape index (κ3) is 3.94. The van der Waals surface area contributed by atoms with E-state index in [1.165, 1.54) is 7.11 Å². The molecule has 4 saturated carbocycles. The third-order valence-electron chi connectivity index (χ3n) is 13.1. The number of hydrogen-bond donors (Lipinski definition) is 1. The molecule has 11 unspecified atom stereocenters. The largest absolute Gasteiger partial charge is 0.469 e. The zero-order chi connectivity index (χ0) is 28.6. The number of carbonyl (C=O) groups is 3. The van der Waals surface area contributed by atoms with E-state index in [4.69, 9.17) is 4.74 Å². The Labute approximate surface area is 239 Å². The SMILES string of the molecule is COC(=O)CCC(C)C1CCC2C3C(C)CC4CC(N5C(=O)c6ccccc6C5=O)CCC4(C)C3CC(O)C12C. The van der Waals surface area contributed by atoms with Crippen molar-refractivity contribution in [2.45, 2.75) is 97.6 Å². The number of nitrogens with zero attached hydrogens (tertiary/aromatic N) is 1. The van der Waals surface area contributed by atoms with Crippen LogP contribution in [0.4, 0.5) is 0 Å². The lowest BCUT2D eigenvalue weighted by Gasteiger charge is -2.64. The highest BCUT2D eigenvalue weighted by atomic mass is 16.5. The van der Waals surface area contributed by atoms with Gasteiger partial charge >= 0.3 is 5.97 Å². The molecule has 1 N–H and O–H groups in total. The Bertz CT molecular complexity index is 1160. The number of benzene rings is 1. The molecule has 4 aliphatic carbocycles.